The Kier molecular flexibility index (Phi) is 3.13. The number of nitrogens with zero attached hydrogens (tertiary/aromatic N) is 1. The summed E-state index contributed by atoms with van der Waals surface area (Å²) in [6.07, 6.45) is -2.26. The summed E-state index contributed by atoms with van der Waals surface area (Å²) in [5.74, 6) is 1.93. The van der Waals surface area contributed by atoms with Gasteiger partial charge in [-0.2, -0.15) is 17.0 Å². The van der Waals surface area contributed by atoms with E-state index in [1.165, 1.54) is 0 Å². The molecule has 0 amide bonds. The summed E-state index contributed by atoms with van der Waals surface area (Å²) in [5, 5.41) is 8.29. The van der Waals surface area contributed by atoms with Crippen LogP contribution in [0.4, 0.5) is 8.78 Å². The summed E-state index contributed by atoms with van der Waals surface area (Å²) >= 11 is 1.74. The van der Waals surface area contributed by atoms with Gasteiger partial charge in [-0.1, -0.05) is 0 Å². The van der Waals surface area contributed by atoms with E-state index in [-0.39, 0.29) is 5.92 Å². The normalized spacial score (nSPS) is 18.5. The minimum atomic E-state index is -2.55. The Morgan fingerprint density at radius 2 is 2.27 bits per heavy atom. The van der Waals surface area contributed by atoms with Crippen LogP contribution in [0, 0.1) is 23.2 Å². The Hall–Kier alpha value is -0.300. The topological polar surface area (TPSA) is 23.8 Å². The highest BCUT2D eigenvalue weighted by atomic mass is 32.2. The molecule has 0 aliphatic carbocycles. The zero-order valence-corrected chi connectivity index (χ0v) is 6.70. The lowest BCUT2D eigenvalue weighted by Crippen LogP contribution is -2.22. The fourth-order valence-electron chi connectivity index (χ4n) is 0.897. The first kappa shape index (κ1) is 8.79. The number of nitriles is 1. The average molecular weight is 176 g/mol. The molecule has 0 unspecified atom stereocenters. The third-order valence-electron chi connectivity index (χ3n) is 1.62. The third kappa shape index (κ3) is 2.33. The van der Waals surface area contributed by atoms with Crippen molar-refractivity contribution in [2.45, 2.75) is 12.8 Å². The summed E-state index contributed by atoms with van der Waals surface area (Å²) in [4.78, 5) is 0. The molecule has 1 fully saturated rings. The van der Waals surface area contributed by atoms with Gasteiger partial charge in [-0.25, -0.2) is 8.78 Å². The molecular weight excluding hydrogens is 168 g/mol. The number of halogens is 2. The molecule has 0 aromatic heterocycles. The molecule has 1 nitrogen and oxygen atoms in total. The van der Waals surface area contributed by atoms with Gasteiger partial charge < -0.3 is 0 Å². The Bertz CT molecular complexity index is 162. The third-order valence-corrected chi connectivity index (χ3v) is 3.04. The molecule has 4 heteroatoms. The number of hydrogen-bond donors (Lipinski definition) is 0. The van der Waals surface area contributed by atoms with Gasteiger partial charge in [0, 0.05) is 0 Å². The fourth-order valence-corrected chi connectivity index (χ4v) is 1.70. The van der Waals surface area contributed by atoms with Crippen molar-refractivity contribution >= 4 is 11.8 Å². The summed E-state index contributed by atoms with van der Waals surface area (Å²) in [5.41, 5.74) is 0. The maximum absolute atomic E-state index is 12.0. The Morgan fingerprint density at radius 1 is 1.64 bits per heavy atom. The van der Waals surface area contributed by atoms with Crippen LogP contribution in [-0.4, -0.2) is 17.9 Å². The molecule has 0 saturated carbocycles. The van der Waals surface area contributed by atoms with E-state index in [1.54, 1.807) is 17.8 Å². The first-order valence-corrected chi connectivity index (χ1v) is 4.51. The molecule has 1 radical (unpaired) electrons. The van der Waals surface area contributed by atoms with Crippen molar-refractivity contribution in [3.05, 3.63) is 5.92 Å². The predicted molar refractivity (Wildman–Crippen MR) is 40.3 cm³/mol. The van der Waals surface area contributed by atoms with Crippen molar-refractivity contribution in [2.75, 3.05) is 11.5 Å². The van der Waals surface area contributed by atoms with E-state index in [9.17, 15) is 8.78 Å². The number of hydrogen-bond acceptors (Lipinski definition) is 2. The second kappa shape index (κ2) is 3.91. The molecule has 1 aliphatic rings. The molecule has 61 valence electrons. The van der Waals surface area contributed by atoms with E-state index in [4.69, 9.17) is 5.26 Å². The highest BCUT2D eigenvalue weighted by Gasteiger charge is 2.28. The number of alkyl halides is 2. The molecular formula is C7H8F2NS. The number of thioether (sulfide) groups is 1. The molecule has 11 heavy (non-hydrogen) atoms. The lowest BCUT2D eigenvalue weighted by molar-refractivity contribution is 0.162. The van der Waals surface area contributed by atoms with Crippen molar-refractivity contribution in [1.29, 1.82) is 5.26 Å². The lowest BCUT2D eigenvalue weighted by atomic mass is 9.98. The molecule has 1 aliphatic heterocycles. The van der Waals surface area contributed by atoms with Crippen LogP contribution in [0.3, 0.4) is 0 Å². The van der Waals surface area contributed by atoms with Gasteiger partial charge in [-0.3, -0.25) is 0 Å². The van der Waals surface area contributed by atoms with Crippen molar-refractivity contribution < 1.29 is 8.78 Å². The Labute approximate surface area is 68.8 Å². The van der Waals surface area contributed by atoms with Gasteiger partial charge in [0.25, 0.3) is 6.43 Å². The Balaban J connectivity index is 2.26. The molecule has 0 N–H and O–H groups in total. The van der Waals surface area contributed by atoms with E-state index in [0.717, 1.165) is 11.5 Å². The van der Waals surface area contributed by atoms with Gasteiger partial charge in [0.1, 0.15) is 5.92 Å². The van der Waals surface area contributed by atoms with E-state index in [1.807, 2.05) is 0 Å². The molecule has 0 aromatic carbocycles. The standard InChI is InChI=1S/C7H8F2NS/c8-7(9)6(2-10)1-5-3-11-4-5/h5,7H,1,3-4H2. The molecule has 1 saturated heterocycles. The van der Waals surface area contributed by atoms with Crippen LogP contribution < -0.4 is 0 Å². The quantitative estimate of drug-likeness (QED) is 0.657. The van der Waals surface area contributed by atoms with E-state index < -0.39 is 6.43 Å². The zero-order valence-electron chi connectivity index (χ0n) is 5.89. The second-order valence-electron chi connectivity index (χ2n) is 2.55. The van der Waals surface area contributed by atoms with Crippen LogP contribution >= 0.6 is 11.8 Å². The van der Waals surface area contributed by atoms with Crippen molar-refractivity contribution in [1.82, 2.24) is 0 Å². The molecule has 1 heterocycles. The van der Waals surface area contributed by atoms with Crippen LogP contribution in [0.15, 0.2) is 0 Å². The summed E-state index contributed by atoms with van der Waals surface area (Å²) < 4.78 is 23.9. The van der Waals surface area contributed by atoms with E-state index in [2.05, 4.69) is 0 Å². The van der Waals surface area contributed by atoms with Gasteiger partial charge in [0.05, 0.1) is 6.07 Å². The van der Waals surface area contributed by atoms with Crippen LogP contribution in [0.1, 0.15) is 6.42 Å². The van der Waals surface area contributed by atoms with Crippen molar-refractivity contribution in [2.24, 2.45) is 5.92 Å². The average Bonchev–Trinajstić information content (AvgIpc) is 1.85. The van der Waals surface area contributed by atoms with Crippen molar-refractivity contribution in [3.8, 4) is 6.07 Å². The monoisotopic (exact) mass is 176 g/mol. The minimum absolute atomic E-state index is 0.254. The summed E-state index contributed by atoms with van der Waals surface area (Å²) in [6.45, 7) is 0. The highest BCUT2D eigenvalue weighted by molar-refractivity contribution is 8.00. The second-order valence-corrected chi connectivity index (χ2v) is 3.62. The smallest absolute Gasteiger partial charge is 0.209 e. The number of rotatable bonds is 3. The SMILES string of the molecule is N#C[C](CC1CSC1)C(F)F. The first-order chi connectivity index (χ1) is 5.24. The summed E-state index contributed by atoms with van der Waals surface area (Å²) in [6, 6.07) is 1.56. The van der Waals surface area contributed by atoms with Gasteiger partial charge in [0.15, 0.2) is 0 Å². The Morgan fingerprint density at radius 3 is 2.55 bits per heavy atom. The van der Waals surface area contributed by atoms with Gasteiger partial charge in [-0.05, 0) is 23.8 Å². The van der Waals surface area contributed by atoms with Crippen LogP contribution in [0.5, 0.6) is 0 Å². The van der Waals surface area contributed by atoms with Gasteiger partial charge in [-0.15, -0.1) is 0 Å². The van der Waals surface area contributed by atoms with Gasteiger partial charge in [0.2, 0.25) is 0 Å². The van der Waals surface area contributed by atoms with E-state index >= 15 is 0 Å². The predicted octanol–water partition coefficient (Wildman–Crippen LogP) is 2.10. The first-order valence-electron chi connectivity index (χ1n) is 3.35. The van der Waals surface area contributed by atoms with Gasteiger partial charge >= 0.3 is 0 Å². The fraction of sp³-hybridized carbons (Fsp3) is 0.714. The largest absolute Gasteiger partial charge is 0.258 e. The molecule has 0 aromatic rings. The lowest BCUT2D eigenvalue weighted by Gasteiger charge is -2.25. The molecule has 1 rings (SSSR count). The maximum atomic E-state index is 12.0. The molecule has 0 spiro atoms. The van der Waals surface area contributed by atoms with Crippen molar-refractivity contribution in [3.63, 3.8) is 0 Å². The molecule has 0 atom stereocenters. The van der Waals surface area contributed by atoms with Crippen LogP contribution in [0.2, 0.25) is 0 Å². The highest BCUT2D eigenvalue weighted by Crippen LogP contribution is 2.32. The minimum Gasteiger partial charge on any atom is -0.209 e. The zero-order chi connectivity index (χ0) is 8.27. The van der Waals surface area contributed by atoms with Crippen LogP contribution in [-0.2, 0) is 0 Å². The molecule has 0 bridgehead atoms. The van der Waals surface area contributed by atoms with Crippen LogP contribution in [0.25, 0.3) is 0 Å². The summed E-state index contributed by atoms with van der Waals surface area (Å²) in [7, 11) is 0. The maximum Gasteiger partial charge on any atom is 0.258 e. The van der Waals surface area contributed by atoms with E-state index in [0.29, 0.717) is 12.3 Å².